The molecule has 0 unspecified atom stereocenters. The molecule has 2 heterocycles. The summed E-state index contributed by atoms with van der Waals surface area (Å²) in [6.07, 6.45) is 3.24. The van der Waals surface area contributed by atoms with Gasteiger partial charge in [0.15, 0.2) is 0 Å². The Morgan fingerprint density at radius 1 is 1.10 bits per heavy atom. The fraction of sp³-hybridized carbons (Fsp3) is 0. The molecule has 0 amide bonds. The van der Waals surface area contributed by atoms with Crippen molar-refractivity contribution >= 4 is 5.69 Å². The maximum atomic E-state index is 10.7. The number of nitro groups is 1. The molecule has 2 aromatic heterocycles. The lowest BCUT2D eigenvalue weighted by Gasteiger charge is -1.94. The van der Waals surface area contributed by atoms with Crippen molar-refractivity contribution in [2.24, 2.45) is 0 Å². The highest BCUT2D eigenvalue weighted by atomic mass is 16.6. The zero-order valence-corrected chi connectivity index (χ0v) is 10.1. The minimum absolute atomic E-state index is 0.0160. The summed E-state index contributed by atoms with van der Waals surface area (Å²) < 4.78 is 5.15. The van der Waals surface area contributed by atoms with E-state index >= 15 is 0 Å². The van der Waals surface area contributed by atoms with Crippen molar-refractivity contribution < 1.29 is 9.45 Å². The molecule has 98 valence electrons. The summed E-state index contributed by atoms with van der Waals surface area (Å²) >= 11 is 0. The Kier molecular flexibility index (Phi) is 2.92. The summed E-state index contributed by atoms with van der Waals surface area (Å²) in [6, 6.07) is 9.56. The first-order valence-corrected chi connectivity index (χ1v) is 5.73. The lowest BCUT2D eigenvalue weighted by molar-refractivity contribution is -0.384. The third kappa shape index (κ3) is 2.24. The molecule has 20 heavy (non-hydrogen) atoms. The van der Waals surface area contributed by atoms with Gasteiger partial charge in [0.1, 0.15) is 0 Å². The number of aromatic nitrogens is 3. The van der Waals surface area contributed by atoms with Gasteiger partial charge >= 0.3 is 0 Å². The summed E-state index contributed by atoms with van der Waals surface area (Å²) in [6.45, 7) is 0. The van der Waals surface area contributed by atoms with Crippen molar-refractivity contribution in [2.45, 2.75) is 0 Å². The Morgan fingerprint density at radius 2 is 1.90 bits per heavy atom. The average molecular weight is 268 g/mol. The molecule has 0 radical (unpaired) electrons. The monoisotopic (exact) mass is 268 g/mol. The van der Waals surface area contributed by atoms with Crippen LogP contribution in [0.15, 0.2) is 53.3 Å². The standard InChI is InChI=1S/C13H8N4O3/c18-17(19)11-3-1-2-10(8-11)12-15-13(20-16-12)9-4-6-14-7-5-9/h1-8H. The number of nitrogens with zero attached hydrogens (tertiary/aromatic N) is 4. The topological polar surface area (TPSA) is 95.0 Å². The summed E-state index contributed by atoms with van der Waals surface area (Å²) in [5, 5.41) is 14.6. The minimum atomic E-state index is -0.465. The minimum Gasteiger partial charge on any atom is -0.334 e. The van der Waals surface area contributed by atoms with Crippen molar-refractivity contribution in [1.29, 1.82) is 0 Å². The molecule has 7 heteroatoms. The van der Waals surface area contributed by atoms with Gasteiger partial charge < -0.3 is 4.52 Å². The molecule has 3 aromatic rings. The first-order chi connectivity index (χ1) is 9.74. The van der Waals surface area contributed by atoms with Crippen LogP contribution < -0.4 is 0 Å². The summed E-state index contributed by atoms with van der Waals surface area (Å²) in [7, 11) is 0. The second-order valence-electron chi connectivity index (χ2n) is 3.97. The van der Waals surface area contributed by atoms with E-state index in [0.717, 1.165) is 5.56 Å². The predicted molar refractivity (Wildman–Crippen MR) is 69.6 cm³/mol. The van der Waals surface area contributed by atoms with Gasteiger partial charge in [-0.25, -0.2) is 0 Å². The normalized spacial score (nSPS) is 10.4. The highest BCUT2D eigenvalue weighted by Gasteiger charge is 2.13. The van der Waals surface area contributed by atoms with Crippen molar-refractivity contribution in [3.8, 4) is 22.8 Å². The van der Waals surface area contributed by atoms with E-state index in [0.29, 0.717) is 17.3 Å². The molecule has 0 bridgehead atoms. The molecular formula is C13H8N4O3. The lowest BCUT2D eigenvalue weighted by atomic mass is 10.2. The summed E-state index contributed by atoms with van der Waals surface area (Å²) in [5.41, 5.74) is 1.25. The second kappa shape index (κ2) is 4.88. The number of hydrogen-bond donors (Lipinski definition) is 0. The molecule has 0 aliphatic rings. The highest BCUT2D eigenvalue weighted by Crippen LogP contribution is 2.24. The fourth-order valence-corrected chi connectivity index (χ4v) is 1.71. The molecule has 0 atom stereocenters. The third-order valence-electron chi connectivity index (χ3n) is 2.67. The third-order valence-corrected chi connectivity index (χ3v) is 2.67. The van der Waals surface area contributed by atoms with E-state index in [4.69, 9.17) is 4.52 Å². The zero-order chi connectivity index (χ0) is 13.9. The Hall–Kier alpha value is -3.09. The van der Waals surface area contributed by atoms with Crippen LogP contribution in [0.2, 0.25) is 0 Å². The van der Waals surface area contributed by atoms with Crippen LogP contribution in [0, 0.1) is 10.1 Å². The van der Waals surface area contributed by atoms with E-state index in [-0.39, 0.29) is 5.69 Å². The van der Waals surface area contributed by atoms with Gasteiger partial charge in [0.2, 0.25) is 5.82 Å². The predicted octanol–water partition coefficient (Wildman–Crippen LogP) is 2.71. The van der Waals surface area contributed by atoms with Crippen LogP contribution in [-0.2, 0) is 0 Å². The van der Waals surface area contributed by atoms with Gasteiger partial charge in [-0.15, -0.1) is 0 Å². The molecule has 1 aromatic carbocycles. The van der Waals surface area contributed by atoms with E-state index in [1.807, 2.05) is 0 Å². The van der Waals surface area contributed by atoms with Gasteiger partial charge in [0, 0.05) is 35.7 Å². The zero-order valence-electron chi connectivity index (χ0n) is 10.1. The van der Waals surface area contributed by atoms with Crippen molar-refractivity contribution in [3.05, 3.63) is 58.9 Å². The second-order valence-corrected chi connectivity index (χ2v) is 3.97. The van der Waals surface area contributed by atoms with Crippen molar-refractivity contribution in [1.82, 2.24) is 15.1 Å². The van der Waals surface area contributed by atoms with E-state index in [1.165, 1.54) is 12.1 Å². The average Bonchev–Trinajstić information content (AvgIpc) is 2.98. The number of nitro benzene ring substituents is 1. The molecule has 0 fully saturated rings. The van der Waals surface area contributed by atoms with Gasteiger partial charge in [-0.2, -0.15) is 4.98 Å². The highest BCUT2D eigenvalue weighted by molar-refractivity contribution is 5.61. The quantitative estimate of drug-likeness (QED) is 0.535. The number of benzene rings is 1. The molecule has 7 nitrogen and oxygen atoms in total. The smallest absolute Gasteiger partial charge is 0.270 e. The van der Waals surface area contributed by atoms with Gasteiger partial charge in [-0.1, -0.05) is 17.3 Å². The van der Waals surface area contributed by atoms with Crippen LogP contribution in [0.25, 0.3) is 22.8 Å². The molecule has 3 rings (SSSR count). The Morgan fingerprint density at radius 3 is 2.65 bits per heavy atom. The number of rotatable bonds is 3. The van der Waals surface area contributed by atoms with Crippen LogP contribution in [0.1, 0.15) is 0 Å². The molecule has 0 saturated heterocycles. The number of pyridine rings is 1. The Balaban J connectivity index is 1.98. The summed E-state index contributed by atoms with van der Waals surface area (Å²) in [4.78, 5) is 18.4. The number of hydrogen-bond acceptors (Lipinski definition) is 6. The van der Waals surface area contributed by atoms with Crippen molar-refractivity contribution in [3.63, 3.8) is 0 Å². The maximum Gasteiger partial charge on any atom is 0.270 e. The number of non-ortho nitro benzene ring substituents is 1. The van der Waals surface area contributed by atoms with Crippen LogP contribution in [-0.4, -0.2) is 20.0 Å². The summed E-state index contributed by atoms with van der Waals surface area (Å²) in [5.74, 6) is 0.648. The van der Waals surface area contributed by atoms with Crippen LogP contribution in [0.5, 0.6) is 0 Å². The van der Waals surface area contributed by atoms with Crippen LogP contribution >= 0.6 is 0 Å². The van der Waals surface area contributed by atoms with Gasteiger partial charge in [0.05, 0.1) is 4.92 Å². The molecular weight excluding hydrogens is 260 g/mol. The van der Waals surface area contributed by atoms with E-state index in [9.17, 15) is 10.1 Å². The molecule has 0 aliphatic heterocycles. The van der Waals surface area contributed by atoms with E-state index in [1.54, 1.807) is 36.7 Å². The SMILES string of the molecule is O=[N+]([O-])c1cccc(-c2noc(-c3ccncc3)n2)c1. The van der Waals surface area contributed by atoms with Crippen LogP contribution in [0.3, 0.4) is 0 Å². The van der Waals surface area contributed by atoms with Gasteiger partial charge in [-0.05, 0) is 12.1 Å². The largest absolute Gasteiger partial charge is 0.334 e. The lowest BCUT2D eigenvalue weighted by Crippen LogP contribution is -1.88. The van der Waals surface area contributed by atoms with E-state index < -0.39 is 4.92 Å². The molecule has 0 spiro atoms. The van der Waals surface area contributed by atoms with Crippen molar-refractivity contribution in [2.75, 3.05) is 0 Å². The van der Waals surface area contributed by atoms with Gasteiger partial charge in [-0.3, -0.25) is 15.1 Å². The maximum absolute atomic E-state index is 10.7. The Labute approximate surface area is 113 Å². The molecule has 0 N–H and O–H groups in total. The van der Waals surface area contributed by atoms with Gasteiger partial charge in [0.25, 0.3) is 11.6 Å². The first-order valence-electron chi connectivity index (χ1n) is 5.73. The molecule has 0 saturated carbocycles. The molecule has 0 aliphatic carbocycles. The Bertz CT molecular complexity index is 755. The van der Waals surface area contributed by atoms with E-state index in [2.05, 4.69) is 15.1 Å². The fourth-order valence-electron chi connectivity index (χ4n) is 1.71. The van der Waals surface area contributed by atoms with Crippen LogP contribution in [0.4, 0.5) is 5.69 Å². The first kappa shape index (κ1) is 12.0.